The van der Waals surface area contributed by atoms with E-state index < -0.39 is 0 Å². The Labute approximate surface area is 175 Å². The van der Waals surface area contributed by atoms with Gasteiger partial charge in [0, 0.05) is 36.1 Å². The SMILES string of the molecule is CC(C)(C)COC(=O)N1CC(c2nc(-c3ccc(C=N)c(NC4COC4)c3)no2)C1. The Bertz CT molecular complexity index is 926. The molecule has 30 heavy (non-hydrogen) atoms. The van der Waals surface area contributed by atoms with E-state index in [0.717, 1.165) is 16.8 Å². The van der Waals surface area contributed by atoms with E-state index in [-0.39, 0.29) is 23.5 Å². The first-order chi connectivity index (χ1) is 14.3. The average Bonchev–Trinajstić information content (AvgIpc) is 3.10. The lowest BCUT2D eigenvalue weighted by Crippen LogP contribution is -2.49. The molecule has 2 aromatic rings. The number of nitrogens with zero attached hydrogens (tertiary/aromatic N) is 3. The third-order valence-electron chi connectivity index (χ3n) is 5.02. The molecular formula is C21H27N5O4. The predicted molar refractivity (Wildman–Crippen MR) is 111 cm³/mol. The number of hydrogen-bond donors (Lipinski definition) is 2. The van der Waals surface area contributed by atoms with Crippen molar-refractivity contribution in [1.29, 1.82) is 5.41 Å². The van der Waals surface area contributed by atoms with Gasteiger partial charge in [0.1, 0.15) is 0 Å². The zero-order valence-electron chi connectivity index (χ0n) is 17.5. The van der Waals surface area contributed by atoms with E-state index in [1.54, 1.807) is 4.90 Å². The molecular weight excluding hydrogens is 386 g/mol. The zero-order chi connectivity index (χ0) is 21.3. The predicted octanol–water partition coefficient (Wildman–Crippen LogP) is 3.13. The van der Waals surface area contributed by atoms with Crippen molar-refractivity contribution >= 4 is 18.0 Å². The molecule has 2 fully saturated rings. The number of rotatable bonds is 6. The quantitative estimate of drug-likeness (QED) is 0.699. The van der Waals surface area contributed by atoms with Crippen molar-refractivity contribution in [3.05, 3.63) is 29.7 Å². The van der Waals surface area contributed by atoms with Gasteiger partial charge >= 0.3 is 6.09 Å². The molecule has 0 radical (unpaired) electrons. The number of carbonyl (C=O) groups excluding carboxylic acids is 1. The molecule has 0 spiro atoms. The molecule has 9 heteroatoms. The van der Waals surface area contributed by atoms with Crippen LogP contribution in [0.1, 0.15) is 38.1 Å². The van der Waals surface area contributed by atoms with E-state index in [1.807, 2.05) is 39.0 Å². The zero-order valence-corrected chi connectivity index (χ0v) is 17.5. The molecule has 0 unspecified atom stereocenters. The molecule has 2 aliphatic rings. The second-order valence-corrected chi connectivity index (χ2v) is 9.00. The van der Waals surface area contributed by atoms with Crippen LogP contribution in [0.2, 0.25) is 0 Å². The molecule has 160 valence electrons. The molecule has 1 aromatic heterocycles. The van der Waals surface area contributed by atoms with Gasteiger partial charge in [-0.1, -0.05) is 38.1 Å². The monoisotopic (exact) mass is 413 g/mol. The summed E-state index contributed by atoms with van der Waals surface area (Å²) < 4.78 is 16.0. The smallest absolute Gasteiger partial charge is 0.409 e. The summed E-state index contributed by atoms with van der Waals surface area (Å²) in [7, 11) is 0. The van der Waals surface area contributed by atoms with Crippen molar-refractivity contribution in [2.75, 3.05) is 38.2 Å². The van der Waals surface area contributed by atoms with E-state index in [9.17, 15) is 4.79 Å². The summed E-state index contributed by atoms with van der Waals surface area (Å²) in [5.74, 6) is 1.02. The molecule has 1 aromatic carbocycles. The number of amides is 1. The Balaban J connectivity index is 1.38. The lowest BCUT2D eigenvalue weighted by Gasteiger charge is -2.36. The Kier molecular flexibility index (Phi) is 5.46. The second-order valence-electron chi connectivity index (χ2n) is 9.00. The van der Waals surface area contributed by atoms with Crippen LogP contribution < -0.4 is 5.32 Å². The Morgan fingerprint density at radius 3 is 2.77 bits per heavy atom. The molecule has 1 amide bonds. The maximum Gasteiger partial charge on any atom is 0.409 e. The minimum absolute atomic E-state index is 0.0130. The van der Waals surface area contributed by atoms with Gasteiger partial charge in [-0.3, -0.25) is 0 Å². The first-order valence-corrected chi connectivity index (χ1v) is 10.1. The highest BCUT2D eigenvalue weighted by Crippen LogP contribution is 2.30. The summed E-state index contributed by atoms with van der Waals surface area (Å²) in [6.45, 7) is 8.78. The van der Waals surface area contributed by atoms with Crippen LogP contribution in [0.25, 0.3) is 11.4 Å². The van der Waals surface area contributed by atoms with Crippen molar-refractivity contribution in [3.63, 3.8) is 0 Å². The summed E-state index contributed by atoms with van der Waals surface area (Å²) >= 11 is 0. The van der Waals surface area contributed by atoms with Crippen molar-refractivity contribution in [3.8, 4) is 11.4 Å². The van der Waals surface area contributed by atoms with Gasteiger partial charge in [0.15, 0.2) is 0 Å². The third kappa shape index (κ3) is 4.46. The number of benzene rings is 1. The minimum atomic E-state index is -0.307. The third-order valence-corrected chi connectivity index (χ3v) is 5.02. The summed E-state index contributed by atoms with van der Waals surface area (Å²) in [6, 6.07) is 5.90. The minimum Gasteiger partial charge on any atom is -0.449 e. The lowest BCUT2D eigenvalue weighted by molar-refractivity contribution is 0.0211. The highest BCUT2D eigenvalue weighted by Gasteiger charge is 2.37. The molecule has 2 N–H and O–H groups in total. The van der Waals surface area contributed by atoms with Crippen LogP contribution in [0.15, 0.2) is 22.7 Å². The molecule has 0 saturated carbocycles. The van der Waals surface area contributed by atoms with E-state index in [4.69, 9.17) is 19.4 Å². The van der Waals surface area contributed by atoms with Crippen molar-refractivity contribution in [2.45, 2.75) is 32.7 Å². The fourth-order valence-corrected chi connectivity index (χ4v) is 3.16. The number of likely N-dealkylation sites (tertiary alicyclic amines) is 1. The highest BCUT2D eigenvalue weighted by atomic mass is 16.6. The van der Waals surface area contributed by atoms with Crippen LogP contribution in [0.3, 0.4) is 0 Å². The molecule has 2 aliphatic heterocycles. The largest absolute Gasteiger partial charge is 0.449 e. The first kappa shape index (κ1) is 20.3. The number of anilines is 1. The van der Waals surface area contributed by atoms with Crippen LogP contribution in [0.4, 0.5) is 10.5 Å². The van der Waals surface area contributed by atoms with E-state index in [1.165, 1.54) is 6.21 Å². The van der Waals surface area contributed by atoms with Gasteiger partial charge in [-0.25, -0.2) is 4.79 Å². The Hall–Kier alpha value is -2.94. The maximum absolute atomic E-state index is 12.1. The van der Waals surface area contributed by atoms with Gasteiger partial charge in [-0.15, -0.1) is 0 Å². The van der Waals surface area contributed by atoms with Crippen LogP contribution >= 0.6 is 0 Å². The van der Waals surface area contributed by atoms with Crippen LogP contribution in [0, 0.1) is 10.8 Å². The fraction of sp³-hybridized carbons (Fsp3) is 0.524. The van der Waals surface area contributed by atoms with Gasteiger partial charge in [-0.2, -0.15) is 4.98 Å². The maximum atomic E-state index is 12.1. The molecule has 2 saturated heterocycles. The van der Waals surface area contributed by atoms with E-state index in [2.05, 4.69) is 15.5 Å². The Morgan fingerprint density at radius 1 is 1.37 bits per heavy atom. The van der Waals surface area contributed by atoms with Gasteiger partial charge in [0.2, 0.25) is 11.7 Å². The standard InChI is InChI=1S/C21H27N5O4/c1-21(2,3)12-29-20(27)26-8-15(9-26)19-24-18(25-30-19)13-4-5-14(7-22)17(6-13)23-16-10-28-11-16/h4-7,15-16,22-23H,8-12H2,1-3H3. The lowest BCUT2D eigenvalue weighted by atomic mass is 9.98. The number of nitrogens with one attached hydrogen (secondary N) is 2. The van der Waals surface area contributed by atoms with E-state index >= 15 is 0 Å². The molecule has 3 heterocycles. The van der Waals surface area contributed by atoms with Gasteiger partial charge < -0.3 is 29.6 Å². The average molecular weight is 413 g/mol. The summed E-state index contributed by atoms with van der Waals surface area (Å²) in [5, 5.41) is 15.1. The molecule has 0 aliphatic carbocycles. The van der Waals surface area contributed by atoms with Gasteiger partial charge in [0.05, 0.1) is 31.8 Å². The molecule has 0 atom stereocenters. The van der Waals surface area contributed by atoms with Crippen LogP contribution in [0.5, 0.6) is 0 Å². The first-order valence-electron chi connectivity index (χ1n) is 10.1. The fourth-order valence-electron chi connectivity index (χ4n) is 3.16. The topological polar surface area (TPSA) is 114 Å². The highest BCUT2D eigenvalue weighted by molar-refractivity contribution is 5.87. The Morgan fingerprint density at radius 2 is 2.13 bits per heavy atom. The van der Waals surface area contributed by atoms with E-state index in [0.29, 0.717) is 44.6 Å². The molecule has 4 rings (SSSR count). The summed E-state index contributed by atoms with van der Waals surface area (Å²) in [4.78, 5) is 18.3. The normalized spacial score (nSPS) is 17.2. The van der Waals surface area contributed by atoms with Gasteiger partial charge in [-0.05, 0) is 11.5 Å². The number of ether oxygens (including phenoxy) is 2. The summed E-state index contributed by atoms with van der Waals surface area (Å²) in [5.41, 5.74) is 2.38. The van der Waals surface area contributed by atoms with Crippen LogP contribution in [-0.2, 0) is 9.47 Å². The molecule has 0 bridgehead atoms. The number of carbonyl (C=O) groups is 1. The van der Waals surface area contributed by atoms with Crippen molar-refractivity contribution < 1.29 is 18.8 Å². The number of hydrogen-bond acceptors (Lipinski definition) is 8. The number of aromatic nitrogens is 2. The van der Waals surface area contributed by atoms with Crippen molar-refractivity contribution in [2.24, 2.45) is 5.41 Å². The van der Waals surface area contributed by atoms with Crippen LogP contribution in [-0.4, -0.2) is 66.3 Å². The van der Waals surface area contributed by atoms with Gasteiger partial charge in [0.25, 0.3) is 0 Å². The second kappa shape index (κ2) is 8.06. The van der Waals surface area contributed by atoms with Crippen molar-refractivity contribution in [1.82, 2.24) is 15.0 Å². The summed E-state index contributed by atoms with van der Waals surface area (Å²) in [6.07, 6.45) is 1.01. The molecule has 9 nitrogen and oxygen atoms in total.